The van der Waals surface area contributed by atoms with Crippen LogP contribution in [0.3, 0.4) is 0 Å². The van der Waals surface area contributed by atoms with Gasteiger partial charge in [-0.25, -0.2) is 29.0 Å². The van der Waals surface area contributed by atoms with Crippen LogP contribution in [0.15, 0.2) is 125 Å². The first-order valence-corrected chi connectivity index (χ1v) is 27.3. The molecule has 7 aromatic rings. The van der Waals surface area contributed by atoms with Gasteiger partial charge in [0, 0.05) is 33.0 Å². The quantitative estimate of drug-likeness (QED) is 0.0271. The zero-order chi connectivity index (χ0) is 64.2. The maximum Gasteiger partial charge on any atom is 0.514 e. The molecule has 0 saturated heterocycles. The van der Waals surface area contributed by atoms with Crippen LogP contribution in [0.2, 0.25) is 15.1 Å². The molecule has 0 aliphatic heterocycles. The number of ether oxygens (including phenoxy) is 6. The molecule has 0 spiro atoms. The molecule has 0 bridgehead atoms. The Balaban J connectivity index is 1.45. The predicted octanol–water partition coefficient (Wildman–Crippen LogP) is 17.4. The van der Waals surface area contributed by atoms with Gasteiger partial charge < -0.3 is 28.4 Å². The number of nitro benzene ring substituents is 2. The van der Waals surface area contributed by atoms with E-state index in [0.29, 0.717) is 15.2 Å². The normalized spacial score (nSPS) is 11.8. The van der Waals surface area contributed by atoms with E-state index in [1.807, 2.05) is 0 Å². The number of hydrogen-bond donors (Lipinski definition) is 2. The van der Waals surface area contributed by atoms with Crippen LogP contribution in [0.25, 0.3) is 21.5 Å². The van der Waals surface area contributed by atoms with Crippen LogP contribution >= 0.6 is 34.8 Å². The summed E-state index contributed by atoms with van der Waals surface area (Å²) < 4.78 is 34.3. The average molecular weight is 1250 g/mol. The van der Waals surface area contributed by atoms with Gasteiger partial charge in [0.15, 0.2) is 17.2 Å². The summed E-state index contributed by atoms with van der Waals surface area (Å²) in [5.74, 6) is -3.72. The Kier molecular flexibility index (Phi) is 19.0. The van der Waals surface area contributed by atoms with Gasteiger partial charge in [0.1, 0.15) is 39.5 Å². The number of imide groups is 2. The summed E-state index contributed by atoms with van der Waals surface area (Å²) in [6.45, 7) is 18.4. The molecular formula is C60H57Cl3N8O16. The van der Waals surface area contributed by atoms with Gasteiger partial charge in [-0.05, 0) is 148 Å². The maximum atomic E-state index is 15.6. The SMILES string of the molecule is CC(C)(C)OC(=O)Oc1c(C(=O)N(C(=O)OC(C)(C)C)c2ccc(N(C(=O)OC(C)(C)C)C(=O)c3cc4ccccc4c(NNc4ccc(Cl)cc4[N+](=O)[O-])c3OC(=O)OC(C)(C)C)c(Cl)c2)cc2ccccc2c1N=Nc1ccc(Cl)cc1[N+](=O)[O-]. The minimum atomic E-state index is -1.35. The summed E-state index contributed by atoms with van der Waals surface area (Å²) in [5, 5.41) is 33.3. The van der Waals surface area contributed by atoms with Gasteiger partial charge in [0.2, 0.25) is 0 Å². The lowest BCUT2D eigenvalue weighted by Crippen LogP contribution is -2.42. The van der Waals surface area contributed by atoms with Crippen molar-refractivity contribution in [2.75, 3.05) is 20.7 Å². The standard InChI is InChI=1S/C60H57Cl3N8O16/c1-57(2,3)84-53(74)68(51(72)39-27-32-17-13-15-19-37(32)47(49(39)82-55(76)86-59(7,8)9)66-64-42-24-21-34(61)29-45(42)70(78)79)36-23-26-44(41(63)31-36)69(54(75)85-58(4,5)6)52(73)40-28-33-18-14-16-20-38(33)48(50(40)83-56(77)87-60(10,11)12)67-65-43-25-22-35(62)30-46(43)71(80)81/h13-31,65,67H,1-12H3. The van der Waals surface area contributed by atoms with Crippen LogP contribution in [0.5, 0.6) is 11.5 Å². The molecule has 0 aliphatic carbocycles. The van der Waals surface area contributed by atoms with E-state index in [2.05, 4.69) is 21.1 Å². The zero-order valence-electron chi connectivity index (χ0n) is 48.8. The van der Waals surface area contributed by atoms with Gasteiger partial charge in [-0.15, -0.1) is 10.2 Å². The van der Waals surface area contributed by atoms with Gasteiger partial charge >= 0.3 is 24.5 Å². The third-order valence-electron chi connectivity index (χ3n) is 11.4. The molecular weight excluding hydrogens is 1200 g/mol. The van der Waals surface area contributed by atoms with Crippen molar-refractivity contribution in [3.63, 3.8) is 0 Å². The number of nitro groups is 2. The van der Waals surface area contributed by atoms with Crippen LogP contribution in [0, 0.1) is 20.2 Å². The lowest BCUT2D eigenvalue weighted by molar-refractivity contribution is -0.384. The first-order valence-electron chi connectivity index (χ1n) is 26.2. The Labute approximate surface area is 512 Å². The lowest BCUT2D eigenvalue weighted by Gasteiger charge is -2.29. The highest BCUT2D eigenvalue weighted by Crippen LogP contribution is 2.45. The van der Waals surface area contributed by atoms with E-state index in [1.165, 1.54) is 84.0 Å². The third kappa shape index (κ3) is 16.2. The number of rotatable bonds is 13. The van der Waals surface area contributed by atoms with E-state index >= 15 is 9.59 Å². The molecule has 87 heavy (non-hydrogen) atoms. The van der Waals surface area contributed by atoms with Gasteiger partial charge in [0.05, 0.1) is 37.4 Å². The number of carbonyl (C=O) groups excluding carboxylic acids is 6. The number of benzene rings is 7. The number of hydrogen-bond acceptors (Lipinski definition) is 20. The molecule has 7 aromatic carbocycles. The van der Waals surface area contributed by atoms with Crippen molar-refractivity contribution in [1.82, 2.24) is 0 Å². The number of nitrogens with zero attached hydrogens (tertiary/aromatic N) is 6. The van der Waals surface area contributed by atoms with Gasteiger partial charge in [0.25, 0.3) is 23.2 Å². The Morgan fingerprint density at radius 1 is 0.506 bits per heavy atom. The monoisotopic (exact) mass is 1250 g/mol. The van der Waals surface area contributed by atoms with E-state index in [4.69, 9.17) is 63.2 Å². The van der Waals surface area contributed by atoms with Crippen molar-refractivity contribution < 1.29 is 67.0 Å². The van der Waals surface area contributed by atoms with E-state index in [0.717, 1.165) is 30.3 Å². The molecule has 7 rings (SSSR count). The Bertz CT molecular complexity index is 3980. The van der Waals surface area contributed by atoms with E-state index < -0.39 is 113 Å². The van der Waals surface area contributed by atoms with E-state index in [9.17, 15) is 39.4 Å². The van der Waals surface area contributed by atoms with Gasteiger partial charge in [-0.1, -0.05) is 83.3 Å². The second kappa shape index (κ2) is 25.5. The molecule has 27 heteroatoms. The first-order chi connectivity index (χ1) is 40.5. The summed E-state index contributed by atoms with van der Waals surface area (Å²) in [4.78, 5) is 112. The predicted molar refractivity (Wildman–Crippen MR) is 327 cm³/mol. The van der Waals surface area contributed by atoms with Gasteiger partial charge in [-0.3, -0.25) is 40.7 Å². The maximum absolute atomic E-state index is 15.6. The van der Waals surface area contributed by atoms with Crippen molar-refractivity contribution in [1.29, 1.82) is 0 Å². The van der Waals surface area contributed by atoms with Gasteiger partial charge in [-0.2, -0.15) is 0 Å². The van der Waals surface area contributed by atoms with Crippen LogP contribution in [-0.2, 0) is 18.9 Å². The molecule has 0 saturated carbocycles. The van der Waals surface area contributed by atoms with Crippen molar-refractivity contribution in [2.45, 2.75) is 105 Å². The number of amides is 4. The number of nitrogens with one attached hydrogen (secondary N) is 2. The van der Waals surface area contributed by atoms with Crippen LogP contribution in [0.1, 0.15) is 104 Å². The van der Waals surface area contributed by atoms with Crippen molar-refractivity contribution in [2.24, 2.45) is 10.2 Å². The van der Waals surface area contributed by atoms with Crippen LogP contribution in [0.4, 0.5) is 64.7 Å². The minimum absolute atomic E-state index is 0.0140. The van der Waals surface area contributed by atoms with Crippen LogP contribution < -0.4 is 30.1 Å². The van der Waals surface area contributed by atoms with Crippen molar-refractivity contribution in [3.05, 3.63) is 162 Å². The fraction of sp³-hybridized carbons (Fsp3) is 0.267. The Hall–Kier alpha value is -9.65. The summed E-state index contributed by atoms with van der Waals surface area (Å²) in [5.41, 5.74) is -3.12. The third-order valence-corrected chi connectivity index (χ3v) is 12.2. The van der Waals surface area contributed by atoms with E-state index in [1.54, 1.807) is 84.0 Å². The van der Waals surface area contributed by atoms with Crippen LogP contribution in [-0.4, -0.2) is 68.6 Å². The molecule has 0 aliphatic rings. The van der Waals surface area contributed by atoms with Crippen molar-refractivity contribution >= 4 is 138 Å². The zero-order valence-corrected chi connectivity index (χ0v) is 51.1. The fourth-order valence-electron chi connectivity index (χ4n) is 8.09. The topological polar surface area (TPSA) is 299 Å². The fourth-order valence-corrected chi connectivity index (χ4v) is 8.68. The molecule has 24 nitrogen and oxygen atoms in total. The number of azo groups is 1. The molecule has 2 N–H and O–H groups in total. The largest absolute Gasteiger partial charge is 0.514 e. The summed E-state index contributed by atoms with van der Waals surface area (Å²) in [7, 11) is 0. The molecule has 454 valence electrons. The molecule has 0 aromatic heterocycles. The first kappa shape index (κ1) is 64.9. The molecule has 4 amide bonds. The highest BCUT2D eigenvalue weighted by atomic mass is 35.5. The lowest BCUT2D eigenvalue weighted by atomic mass is 10.0. The number of halogens is 3. The second-order valence-electron chi connectivity index (χ2n) is 22.9. The molecule has 0 radical (unpaired) electrons. The minimum Gasteiger partial charge on any atom is -0.443 e. The highest BCUT2D eigenvalue weighted by molar-refractivity contribution is 6.37. The average Bonchev–Trinajstić information content (AvgIpc) is 0.862. The van der Waals surface area contributed by atoms with E-state index in [-0.39, 0.29) is 54.6 Å². The Morgan fingerprint density at radius 3 is 1.52 bits per heavy atom. The molecule has 0 unspecified atom stereocenters. The van der Waals surface area contributed by atoms with Crippen molar-refractivity contribution in [3.8, 4) is 11.5 Å². The summed E-state index contributed by atoms with van der Waals surface area (Å²) in [6.07, 6.45) is -5.34. The summed E-state index contributed by atoms with van der Waals surface area (Å²) in [6, 6.07) is 25.9. The number of anilines is 4. The molecule has 0 atom stereocenters. The number of carbonyl (C=O) groups is 6. The highest BCUT2D eigenvalue weighted by Gasteiger charge is 2.39. The summed E-state index contributed by atoms with van der Waals surface area (Å²) >= 11 is 19.3. The Morgan fingerprint density at radius 2 is 0.977 bits per heavy atom. The number of hydrazine groups is 1. The molecule has 0 heterocycles. The second-order valence-corrected chi connectivity index (χ2v) is 24.2. The molecule has 0 fully saturated rings. The smallest absolute Gasteiger partial charge is 0.443 e. The number of fused-ring (bicyclic) bond motifs is 2.